The summed E-state index contributed by atoms with van der Waals surface area (Å²) in [5.41, 5.74) is 7.11. The molecule has 0 unspecified atom stereocenters. The average Bonchev–Trinajstić information content (AvgIpc) is 2.81. The Morgan fingerprint density at radius 3 is 2.34 bits per heavy atom. The molecule has 2 aromatic heterocycles. The lowest BCUT2D eigenvalue weighted by molar-refractivity contribution is 0.578. The topological polar surface area (TPSA) is 87.9 Å². The van der Waals surface area contributed by atoms with E-state index in [4.69, 9.17) is 28.9 Å². The van der Waals surface area contributed by atoms with Crippen LogP contribution in [0.25, 0.3) is 11.0 Å². The predicted octanol–water partition coefficient (Wildman–Crippen LogP) is 5.37. The van der Waals surface area contributed by atoms with Crippen molar-refractivity contribution in [3.05, 3.63) is 62.2 Å². The van der Waals surface area contributed by atoms with Gasteiger partial charge in [0.05, 0.1) is 16.9 Å². The van der Waals surface area contributed by atoms with Gasteiger partial charge >= 0.3 is 0 Å². The summed E-state index contributed by atoms with van der Waals surface area (Å²) in [6.45, 7) is 1.68. The molecule has 0 saturated carbocycles. The first-order valence-corrected chi connectivity index (χ1v) is 11.3. The number of nitriles is 1. The summed E-state index contributed by atoms with van der Waals surface area (Å²) in [5.74, 6) is -0.470. The van der Waals surface area contributed by atoms with Gasteiger partial charge in [-0.05, 0) is 49.6 Å². The van der Waals surface area contributed by atoms with E-state index < -0.39 is 5.82 Å². The molecule has 0 bridgehead atoms. The Balaban J connectivity index is 0.000000277. The number of nitrogens with two attached hydrogens (primary N) is 1. The summed E-state index contributed by atoms with van der Waals surface area (Å²) in [7, 11) is 1.65. The maximum Gasteiger partial charge on any atom is 0.270 e. The van der Waals surface area contributed by atoms with Gasteiger partial charge in [-0.15, -0.1) is 11.6 Å². The molecule has 170 valence electrons. The van der Waals surface area contributed by atoms with Gasteiger partial charge in [0.1, 0.15) is 28.1 Å². The van der Waals surface area contributed by atoms with Crippen molar-refractivity contribution in [2.24, 2.45) is 7.05 Å². The van der Waals surface area contributed by atoms with Crippen LogP contribution >= 0.6 is 34.8 Å². The van der Waals surface area contributed by atoms with Crippen LogP contribution in [0, 0.1) is 17.1 Å². The van der Waals surface area contributed by atoms with Crippen LogP contribution in [0.2, 0.25) is 10.2 Å². The number of piperidine rings is 1. The van der Waals surface area contributed by atoms with Crippen LogP contribution in [0.5, 0.6) is 0 Å². The zero-order chi connectivity index (χ0) is 23.8. The predicted molar refractivity (Wildman–Crippen MR) is 130 cm³/mol. The van der Waals surface area contributed by atoms with Crippen molar-refractivity contribution in [1.82, 2.24) is 9.55 Å². The number of aromatic nitrogens is 2. The van der Waals surface area contributed by atoms with Gasteiger partial charge in [-0.3, -0.25) is 4.79 Å². The molecule has 1 saturated heterocycles. The molecule has 0 amide bonds. The number of rotatable bonds is 1. The van der Waals surface area contributed by atoms with E-state index in [-0.39, 0.29) is 16.8 Å². The molecule has 1 aromatic carbocycles. The monoisotopic (exact) mass is 497 g/mol. The summed E-state index contributed by atoms with van der Waals surface area (Å²) in [6, 6.07) is 9.64. The molecule has 3 aromatic rings. The van der Waals surface area contributed by atoms with E-state index >= 15 is 0 Å². The first-order valence-electron chi connectivity index (χ1n) is 9.76. The van der Waals surface area contributed by atoms with E-state index in [0.29, 0.717) is 26.9 Å². The quantitative estimate of drug-likeness (QED) is 0.277. The Kier molecular flexibility index (Phi) is 9.58. The summed E-state index contributed by atoms with van der Waals surface area (Å²) < 4.78 is 13.8. The number of benzene rings is 1. The van der Waals surface area contributed by atoms with E-state index in [0.717, 1.165) is 25.9 Å². The summed E-state index contributed by atoms with van der Waals surface area (Å²) >= 11 is 16.1. The number of anilines is 2. The van der Waals surface area contributed by atoms with Crippen molar-refractivity contribution in [3.63, 3.8) is 0 Å². The van der Waals surface area contributed by atoms with Crippen LogP contribution in [0.3, 0.4) is 0 Å². The maximum atomic E-state index is 12.4. The van der Waals surface area contributed by atoms with Gasteiger partial charge < -0.3 is 15.2 Å². The van der Waals surface area contributed by atoms with Crippen LogP contribution in [0.1, 0.15) is 24.8 Å². The highest BCUT2D eigenvalue weighted by Gasteiger charge is 2.22. The summed E-state index contributed by atoms with van der Waals surface area (Å²) in [5, 5.41) is 10.2. The first-order chi connectivity index (χ1) is 15.3. The van der Waals surface area contributed by atoms with Crippen LogP contribution in [0.15, 0.2) is 35.1 Å². The molecule has 32 heavy (non-hydrogen) atoms. The van der Waals surface area contributed by atoms with Crippen molar-refractivity contribution in [2.75, 3.05) is 30.1 Å². The van der Waals surface area contributed by atoms with Gasteiger partial charge in [-0.1, -0.05) is 23.2 Å². The number of alkyl halides is 1. The van der Waals surface area contributed by atoms with E-state index in [9.17, 15) is 14.4 Å². The molecule has 2 N–H and O–H groups in total. The van der Waals surface area contributed by atoms with Crippen molar-refractivity contribution in [2.45, 2.75) is 19.3 Å². The third-order valence-electron chi connectivity index (χ3n) is 4.93. The third-order valence-corrected chi connectivity index (χ3v) is 5.37. The molecular formula is C22H23Cl3FN5O. The molecule has 10 heteroatoms. The second kappa shape index (κ2) is 11.9. The molecule has 0 spiro atoms. The first kappa shape index (κ1) is 25.7. The zero-order valence-electron chi connectivity index (χ0n) is 17.7. The van der Waals surface area contributed by atoms with Crippen molar-refractivity contribution in [3.8, 4) is 6.07 Å². The number of hydrogen-bond donors (Lipinski definition) is 1. The lowest BCUT2D eigenvalue weighted by atomic mass is 10.1. The number of halogens is 4. The second-order valence-corrected chi connectivity index (χ2v) is 7.74. The summed E-state index contributed by atoms with van der Waals surface area (Å²) in [4.78, 5) is 18.9. The fraction of sp³-hybridized carbons (Fsp3) is 0.318. The van der Waals surface area contributed by atoms with Gasteiger partial charge in [-0.2, -0.15) is 5.26 Å². The average molecular weight is 499 g/mol. The molecule has 1 fully saturated rings. The minimum atomic E-state index is -0.470. The van der Waals surface area contributed by atoms with Crippen molar-refractivity contribution in [1.29, 1.82) is 5.26 Å². The van der Waals surface area contributed by atoms with Gasteiger partial charge in [0.15, 0.2) is 0 Å². The smallest absolute Gasteiger partial charge is 0.270 e. The Hall–Kier alpha value is -2.53. The molecular weight excluding hydrogens is 476 g/mol. The maximum absolute atomic E-state index is 12.4. The fourth-order valence-corrected chi connectivity index (χ4v) is 3.70. The van der Waals surface area contributed by atoms with E-state index in [1.165, 1.54) is 29.5 Å². The molecule has 0 aliphatic carbocycles. The molecule has 0 radical (unpaired) electrons. The van der Waals surface area contributed by atoms with Gasteiger partial charge in [0.25, 0.3) is 5.56 Å². The van der Waals surface area contributed by atoms with Gasteiger partial charge in [-0.25, -0.2) is 9.37 Å². The number of nitrogen functional groups attached to an aromatic ring is 1. The largest absolute Gasteiger partial charge is 0.396 e. The van der Waals surface area contributed by atoms with E-state index in [1.54, 1.807) is 25.2 Å². The minimum Gasteiger partial charge on any atom is -0.396 e. The standard InChI is InChI=1S/C15H15ClN4O.C6H5ClFN.CH3Cl/c1-19-11-5-6-12(16)18-13(11)14(10(9-17)15(19)21)20-7-3-2-4-8-20;7-4-1-2-6(9)5(8)3-4;1-2/h5-6H,2-4,7-8H2,1H3;1-3H,9H2;1H3. The number of nitrogens with zero attached hydrogens (tertiary/aromatic N) is 4. The molecule has 1 aliphatic rings. The van der Waals surface area contributed by atoms with E-state index in [2.05, 4.69) is 27.6 Å². The Labute approximate surface area is 200 Å². The highest BCUT2D eigenvalue weighted by atomic mass is 35.5. The zero-order valence-corrected chi connectivity index (χ0v) is 20.0. The highest BCUT2D eigenvalue weighted by molar-refractivity contribution is 6.30. The Bertz CT molecular complexity index is 1190. The SMILES string of the molecule is CCl.Cn1c(=O)c(C#N)c(N2CCCCC2)c2nc(Cl)ccc21.Nc1ccc(Cl)cc1F. The number of pyridine rings is 2. The third kappa shape index (κ3) is 5.83. The number of hydrogen-bond acceptors (Lipinski definition) is 5. The fourth-order valence-electron chi connectivity index (χ4n) is 3.40. The van der Waals surface area contributed by atoms with Gasteiger partial charge in [0.2, 0.25) is 0 Å². The molecule has 3 heterocycles. The lowest BCUT2D eigenvalue weighted by Gasteiger charge is -2.30. The van der Waals surface area contributed by atoms with Crippen LogP contribution in [0.4, 0.5) is 15.8 Å². The van der Waals surface area contributed by atoms with Crippen molar-refractivity contribution >= 4 is 57.2 Å². The van der Waals surface area contributed by atoms with Crippen LogP contribution in [-0.4, -0.2) is 29.0 Å². The van der Waals surface area contributed by atoms with Crippen LogP contribution in [-0.2, 0) is 7.05 Å². The Morgan fingerprint density at radius 1 is 1.12 bits per heavy atom. The molecule has 1 aliphatic heterocycles. The van der Waals surface area contributed by atoms with Crippen molar-refractivity contribution < 1.29 is 4.39 Å². The highest BCUT2D eigenvalue weighted by Crippen LogP contribution is 2.30. The van der Waals surface area contributed by atoms with Crippen LogP contribution < -0.4 is 16.2 Å². The lowest BCUT2D eigenvalue weighted by Crippen LogP contribution is -2.33. The number of aryl methyl sites for hydroxylation is 1. The molecule has 6 nitrogen and oxygen atoms in total. The minimum absolute atomic E-state index is 0.124. The van der Waals surface area contributed by atoms with Gasteiger partial charge in [0, 0.05) is 31.5 Å². The van der Waals surface area contributed by atoms with E-state index in [1.807, 2.05) is 0 Å². The molecule has 0 atom stereocenters. The molecule has 4 rings (SSSR count). The Morgan fingerprint density at radius 2 is 1.78 bits per heavy atom. The second-order valence-electron chi connectivity index (χ2n) is 6.91. The normalized spacial score (nSPS) is 12.8. The summed E-state index contributed by atoms with van der Waals surface area (Å²) in [6.07, 6.45) is 4.76. The number of fused-ring (bicyclic) bond motifs is 1.